The van der Waals surface area contributed by atoms with E-state index in [1.807, 2.05) is 0 Å². The normalized spacial score (nSPS) is 11.9. The third-order valence-corrected chi connectivity index (χ3v) is 3.22. The van der Waals surface area contributed by atoms with E-state index in [1.54, 1.807) is 0 Å². The predicted octanol–water partition coefficient (Wildman–Crippen LogP) is 1.99. The molecule has 3 nitrogen and oxygen atoms in total. The third kappa shape index (κ3) is 7.02. The molecule has 0 aliphatic carbocycles. The van der Waals surface area contributed by atoms with Gasteiger partial charge >= 0.3 is 113 Å². The first-order chi connectivity index (χ1) is 7.74. The summed E-state index contributed by atoms with van der Waals surface area (Å²) in [4.78, 5) is 0. The second kappa shape index (κ2) is 10.7. The summed E-state index contributed by atoms with van der Waals surface area (Å²) in [6, 6.07) is 0. The van der Waals surface area contributed by atoms with Crippen LogP contribution >= 0.6 is 0 Å². The second-order valence-electron chi connectivity index (χ2n) is 4.06. The van der Waals surface area contributed by atoms with E-state index < -0.39 is 0 Å². The van der Waals surface area contributed by atoms with Crippen LogP contribution < -0.4 is 16.0 Å². The van der Waals surface area contributed by atoms with Gasteiger partial charge in [0.05, 0.1) is 0 Å². The fourth-order valence-corrected chi connectivity index (χ4v) is 2.44. The van der Waals surface area contributed by atoms with Gasteiger partial charge in [-0.1, -0.05) is 0 Å². The Bertz CT molecular complexity index is 136. The maximum absolute atomic E-state index is 3.55. The molecule has 0 amide bonds. The Morgan fingerprint density at radius 1 is 0.812 bits per heavy atom. The summed E-state index contributed by atoms with van der Waals surface area (Å²) in [7, 11) is 0. The quantitative estimate of drug-likeness (QED) is 0.303. The van der Waals surface area contributed by atoms with Gasteiger partial charge < -0.3 is 0 Å². The van der Waals surface area contributed by atoms with Gasteiger partial charge in [0.2, 0.25) is 0 Å². The van der Waals surface area contributed by atoms with Crippen molar-refractivity contribution in [3.8, 4) is 0 Å². The summed E-state index contributed by atoms with van der Waals surface area (Å²) in [5.41, 5.74) is 0. The summed E-state index contributed by atoms with van der Waals surface area (Å²) in [5.74, 6) is -0.0496. The van der Waals surface area contributed by atoms with Crippen LogP contribution in [0.4, 0.5) is 0 Å². The van der Waals surface area contributed by atoms with E-state index in [1.165, 1.54) is 24.0 Å². The molecule has 0 saturated carbocycles. The summed E-state index contributed by atoms with van der Waals surface area (Å²) >= 11 is 2.26. The molecule has 0 spiro atoms. The van der Waals surface area contributed by atoms with Crippen LogP contribution in [0.2, 0.25) is 4.73 Å². The van der Waals surface area contributed by atoms with E-state index in [2.05, 4.69) is 57.2 Å². The minimum atomic E-state index is -0.0496. The molecule has 16 heavy (non-hydrogen) atoms. The Hall–Kier alpha value is 0.594. The molecule has 3 N–H and O–H groups in total. The van der Waals surface area contributed by atoms with Crippen LogP contribution in [0.3, 0.4) is 0 Å². The second-order valence-corrected chi connectivity index (χ2v) is 4.84. The maximum atomic E-state index is 3.55. The molecule has 0 bridgehead atoms. The zero-order valence-electron chi connectivity index (χ0n) is 11.2. The molecule has 0 aromatic rings. The molecule has 0 fully saturated rings. The first kappa shape index (κ1) is 16.6. The van der Waals surface area contributed by atoms with Gasteiger partial charge in [0.15, 0.2) is 0 Å². The Morgan fingerprint density at radius 2 is 1.31 bits per heavy atom. The molecule has 0 atom stereocenters. The van der Waals surface area contributed by atoms with Crippen LogP contribution in [0.5, 0.6) is 0 Å². The minimum absolute atomic E-state index is 0.0496. The fraction of sp³-hybridized carbons (Fsp3) is 1.00. The van der Waals surface area contributed by atoms with E-state index in [-0.39, 0.29) is 5.79 Å². The molecule has 0 aliphatic heterocycles. The van der Waals surface area contributed by atoms with E-state index in [0.717, 1.165) is 26.1 Å². The first-order valence-electron chi connectivity index (χ1n) is 6.64. The Balaban J connectivity index is 4.12. The molecule has 95 valence electrons. The first-order valence-corrected chi connectivity index (χ1v) is 7.74. The fourth-order valence-electron chi connectivity index (χ4n) is 2.05. The molecular weight excluding hydrogens is 234 g/mol. The molecule has 0 radical (unpaired) electrons. The van der Waals surface area contributed by atoms with Gasteiger partial charge in [-0.2, -0.15) is 0 Å². The predicted molar refractivity (Wildman–Crippen MR) is 67.0 cm³/mol. The molecule has 0 heterocycles. The monoisotopic (exact) mass is 262 g/mol. The van der Waals surface area contributed by atoms with E-state index in [4.69, 9.17) is 0 Å². The van der Waals surface area contributed by atoms with Crippen LogP contribution in [0, 0.1) is 0 Å². The molecule has 0 aliphatic rings. The van der Waals surface area contributed by atoms with Crippen molar-refractivity contribution in [1.29, 1.82) is 0 Å². The molecule has 4 heteroatoms. The van der Waals surface area contributed by atoms with Crippen molar-refractivity contribution in [2.45, 2.75) is 57.0 Å². The summed E-state index contributed by atoms with van der Waals surface area (Å²) in [5, 5.41) is 10.7. The van der Waals surface area contributed by atoms with Gasteiger partial charge in [-0.25, -0.2) is 0 Å². The summed E-state index contributed by atoms with van der Waals surface area (Å²) in [6.07, 6.45) is 5.12. The Labute approximate surface area is 113 Å². The van der Waals surface area contributed by atoms with Crippen molar-refractivity contribution in [2.75, 3.05) is 19.6 Å². The van der Waals surface area contributed by atoms with Crippen molar-refractivity contribution in [1.82, 2.24) is 16.0 Å². The van der Waals surface area contributed by atoms with E-state index in [9.17, 15) is 0 Å². The zero-order chi connectivity index (χ0) is 12.3. The molecule has 0 saturated heterocycles. The van der Waals surface area contributed by atoms with Crippen molar-refractivity contribution >= 4 is 0 Å². The number of unbranched alkanes of at least 4 members (excludes halogenated alkanes) is 2. The van der Waals surface area contributed by atoms with Crippen LogP contribution in [-0.2, 0) is 20.4 Å². The molecular formula is C12H28N3Ti. The van der Waals surface area contributed by atoms with E-state index in [0.29, 0.717) is 0 Å². The average molecular weight is 262 g/mol. The van der Waals surface area contributed by atoms with Crippen LogP contribution in [0.15, 0.2) is 0 Å². The van der Waals surface area contributed by atoms with Crippen molar-refractivity contribution < 1.29 is 20.4 Å². The number of hydrogen-bond acceptors (Lipinski definition) is 3. The standard InChI is InChI=1S/C12H28N3.Ti/c1-5-9-10-11-12(13-6-2,14-7-3)15-8-4;/h13-15H,1,5-11H2,2-4H3;. The van der Waals surface area contributed by atoms with Gasteiger partial charge in [0.25, 0.3) is 0 Å². The van der Waals surface area contributed by atoms with Gasteiger partial charge in [-0.15, -0.1) is 0 Å². The van der Waals surface area contributed by atoms with Crippen LogP contribution in [0.1, 0.15) is 46.5 Å². The van der Waals surface area contributed by atoms with Crippen LogP contribution in [0.25, 0.3) is 0 Å². The zero-order valence-corrected chi connectivity index (χ0v) is 12.7. The number of rotatable bonds is 11. The number of hydrogen-bond donors (Lipinski definition) is 3. The van der Waals surface area contributed by atoms with Gasteiger partial charge in [0.1, 0.15) is 0 Å². The Kier molecular flexibility index (Phi) is 11.1. The van der Waals surface area contributed by atoms with Crippen molar-refractivity contribution in [2.24, 2.45) is 0 Å². The SMILES string of the molecule is CCNC(CCCC[CH2][Ti])(NCC)NCC. The molecule has 0 aromatic heterocycles. The van der Waals surface area contributed by atoms with Crippen molar-refractivity contribution in [3.63, 3.8) is 0 Å². The third-order valence-electron chi connectivity index (χ3n) is 2.66. The number of nitrogens with one attached hydrogen (secondary N) is 3. The van der Waals surface area contributed by atoms with Crippen LogP contribution in [-0.4, -0.2) is 25.4 Å². The van der Waals surface area contributed by atoms with Crippen molar-refractivity contribution in [3.05, 3.63) is 0 Å². The molecule has 0 unspecified atom stereocenters. The van der Waals surface area contributed by atoms with Gasteiger partial charge in [0, 0.05) is 0 Å². The summed E-state index contributed by atoms with van der Waals surface area (Å²) in [6.45, 7) is 9.47. The topological polar surface area (TPSA) is 36.1 Å². The molecule has 0 rings (SSSR count). The summed E-state index contributed by atoms with van der Waals surface area (Å²) < 4.78 is 1.30. The molecule has 0 aromatic carbocycles. The average Bonchev–Trinajstić information content (AvgIpc) is 2.26. The van der Waals surface area contributed by atoms with Gasteiger partial charge in [-0.3, -0.25) is 0 Å². The van der Waals surface area contributed by atoms with E-state index >= 15 is 0 Å². The van der Waals surface area contributed by atoms with Gasteiger partial charge in [-0.05, 0) is 0 Å². The Morgan fingerprint density at radius 3 is 1.69 bits per heavy atom.